The zero-order valence-corrected chi connectivity index (χ0v) is 11.7. The van der Waals surface area contributed by atoms with Crippen LogP contribution in [-0.2, 0) is 4.74 Å². The third-order valence-corrected chi connectivity index (χ3v) is 3.58. The molecule has 1 aliphatic heterocycles. The van der Waals surface area contributed by atoms with Gasteiger partial charge in [-0.05, 0) is 44.9 Å². The molecule has 3 nitrogen and oxygen atoms in total. The predicted molar refractivity (Wildman–Crippen MR) is 76.3 cm³/mol. The van der Waals surface area contributed by atoms with Crippen LogP contribution in [0.15, 0.2) is 12.1 Å². The van der Waals surface area contributed by atoms with Crippen molar-refractivity contribution in [2.24, 2.45) is 5.73 Å². The molecule has 0 spiro atoms. The van der Waals surface area contributed by atoms with Gasteiger partial charge in [-0.15, -0.1) is 0 Å². The highest BCUT2D eigenvalue weighted by molar-refractivity contribution is 5.60. The standard InChI is InChI=1S/C15H24N2O/c1-11-8-12(2)15(13(3)9-11)17-6-7-18-14(10-17)4-5-16/h8-9,14H,4-7,10,16H2,1-3H3. The molecule has 1 unspecified atom stereocenters. The summed E-state index contributed by atoms with van der Waals surface area (Å²) in [4.78, 5) is 2.45. The number of hydrogen-bond donors (Lipinski definition) is 1. The second-order valence-corrected chi connectivity index (χ2v) is 5.26. The Kier molecular flexibility index (Phi) is 4.25. The van der Waals surface area contributed by atoms with Crippen molar-refractivity contribution < 1.29 is 4.74 Å². The smallest absolute Gasteiger partial charge is 0.0762 e. The van der Waals surface area contributed by atoms with Crippen LogP contribution in [0.4, 0.5) is 5.69 Å². The van der Waals surface area contributed by atoms with E-state index in [0.29, 0.717) is 6.54 Å². The topological polar surface area (TPSA) is 38.5 Å². The molecule has 2 rings (SSSR count). The summed E-state index contributed by atoms with van der Waals surface area (Å²) < 4.78 is 5.75. The first kappa shape index (κ1) is 13.4. The second-order valence-electron chi connectivity index (χ2n) is 5.26. The van der Waals surface area contributed by atoms with E-state index in [-0.39, 0.29) is 6.10 Å². The Hall–Kier alpha value is -1.06. The molecule has 1 heterocycles. The molecule has 100 valence electrons. The highest BCUT2D eigenvalue weighted by Gasteiger charge is 2.22. The van der Waals surface area contributed by atoms with Gasteiger partial charge in [0.05, 0.1) is 12.7 Å². The molecule has 0 bridgehead atoms. The zero-order chi connectivity index (χ0) is 13.1. The maximum Gasteiger partial charge on any atom is 0.0762 e. The van der Waals surface area contributed by atoms with Gasteiger partial charge in [-0.25, -0.2) is 0 Å². The Balaban J connectivity index is 2.20. The van der Waals surface area contributed by atoms with Gasteiger partial charge in [-0.2, -0.15) is 0 Å². The highest BCUT2D eigenvalue weighted by atomic mass is 16.5. The van der Waals surface area contributed by atoms with E-state index in [4.69, 9.17) is 10.5 Å². The summed E-state index contributed by atoms with van der Waals surface area (Å²) in [6, 6.07) is 4.52. The van der Waals surface area contributed by atoms with Crippen molar-refractivity contribution in [3.05, 3.63) is 28.8 Å². The molecular formula is C15H24N2O. The normalized spacial score (nSPS) is 20.2. The van der Waals surface area contributed by atoms with E-state index in [0.717, 1.165) is 26.1 Å². The van der Waals surface area contributed by atoms with E-state index in [9.17, 15) is 0 Å². The van der Waals surface area contributed by atoms with Crippen LogP contribution in [0.1, 0.15) is 23.1 Å². The summed E-state index contributed by atoms with van der Waals surface area (Å²) in [7, 11) is 0. The van der Waals surface area contributed by atoms with Gasteiger partial charge in [0.2, 0.25) is 0 Å². The Morgan fingerprint density at radius 1 is 1.28 bits per heavy atom. The minimum Gasteiger partial charge on any atom is -0.374 e. The third kappa shape index (κ3) is 2.85. The lowest BCUT2D eigenvalue weighted by Gasteiger charge is -2.36. The SMILES string of the molecule is Cc1cc(C)c(N2CCOC(CCN)C2)c(C)c1. The third-order valence-electron chi connectivity index (χ3n) is 3.58. The summed E-state index contributed by atoms with van der Waals surface area (Å²) in [5, 5.41) is 0. The molecule has 1 atom stereocenters. The van der Waals surface area contributed by atoms with E-state index in [1.54, 1.807) is 0 Å². The quantitative estimate of drug-likeness (QED) is 0.891. The van der Waals surface area contributed by atoms with Gasteiger partial charge in [0.25, 0.3) is 0 Å². The van der Waals surface area contributed by atoms with E-state index in [1.807, 2.05) is 0 Å². The first-order chi connectivity index (χ1) is 8.61. The molecule has 0 radical (unpaired) electrons. The fourth-order valence-electron chi connectivity index (χ4n) is 2.95. The van der Waals surface area contributed by atoms with Crippen LogP contribution < -0.4 is 10.6 Å². The number of nitrogens with two attached hydrogens (primary N) is 1. The van der Waals surface area contributed by atoms with Crippen molar-refractivity contribution in [3.63, 3.8) is 0 Å². The van der Waals surface area contributed by atoms with E-state index >= 15 is 0 Å². The Morgan fingerprint density at radius 2 is 1.94 bits per heavy atom. The molecule has 1 saturated heterocycles. The number of morpholine rings is 1. The fourth-order valence-corrected chi connectivity index (χ4v) is 2.95. The lowest BCUT2D eigenvalue weighted by Crippen LogP contribution is -2.43. The van der Waals surface area contributed by atoms with Crippen molar-refractivity contribution in [2.75, 3.05) is 31.1 Å². The zero-order valence-electron chi connectivity index (χ0n) is 11.7. The molecule has 18 heavy (non-hydrogen) atoms. The first-order valence-corrected chi connectivity index (χ1v) is 6.76. The molecule has 1 aromatic rings. The van der Waals surface area contributed by atoms with Gasteiger partial charge in [-0.1, -0.05) is 17.7 Å². The Morgan fingerprint density at radius 3 is 2.56 bits per heavy atom. The maximum absolute atomic E-state index is 5.75. The van der Waals surface area contributed by atoms with Crippen LogP contribution >= 0.6 is 0 Å². The summed E-state index contributed by atoms with van der Waals surface area (Å²) in [6.45, 7) is 9.99. The lowest BCUT2D eigenvalue weighted by molar-refractivity contribution is 0.0368. The number of hydrogen-bond acceptors (Lipinski definition) is 3. The van der Waals surface area contributed by atoms with Crippen molar-refractivity contribution in [2.45, 2.75) is 33.3 Å². The molecule has 0 aromatic heterocycles. The van der Waals surface area contributed by atoms with Crippen molar-refractivity contribution >= 4 is 5.69 Å². The highest BCUT2D eigenvalue weighted by Crippen LogP contribution is 2.28. The average molecular weight is 248 g/mol. The summed E-state index contributed by atoms with van der Waals surface area (Å²) in [5.41, 5.74) is 11.1. The van der Waals surface area contributed by atoms with Crippen LogP contribution in [-0.4, -0.2) is 32.3 Å². The van der Waals surface area contributed by atoms with Crippen LogP contribution in [0, 0.1) is 20.8 Å². The monoisotopic (exact) mass is 248 g/mol. The van der Waals surface area contributed by atoms with E-state index in [1.165, 1.54) is 22.4 Å². The van der Waals surface area contributed by atoms with Gasteiger partial charge in [0.1, 0.15) is 0 Å². The molecule has 1 aromatic carbocycles. The Bertz CT molecular complexity index is 392. The molecule has 0 saturated carbocycles. The minimum absolute atomic E-state index is 0.281. The number of benzene rings is 1. The predicted octanol–water partition coefficient (Wildman–Crippen LogP) is 2.17. The Labute approximate surface area is 110 Å². The number of aryl methyl sites for hydroxylation is 3. The minimum atomic E-state index is 0.281. The van der Waals surface area contributed by atoms with Crippen molar-refractivity contribution in [1.29, 1.82) is 0 Å². The van der Waals surface area contributed by atoms with Crippen LogP contribution in [0.2, 0.25) is 0 Å². The summed E-state index contributed by atoms with van der Waals surface area (Å²) in [5.74, 6) is 0. The first-order valence-electron chi connectivity index (χ1n) is 6.76. The molecule has 1 aliphatic rings. The van der Waals surface area contributed by atoms with Crippen LogP contribution in [0.5, 0.6) is 0 Å². The lowest BCUT2D eigenvalue weighted by atomic mass is 10.0. The van der Waals surface area contributed by atoms with Gasteiger partial charge in [0, 0.05) is 18.8 Å². The second kappa shape index (κ2) is 5.72. The van der Waals surface area contributed by atoms with Crippen molar-refractivity contribution in [3.8, 4) is 0 Å². The summed E-state index contributed by atoms with van der Waals surface area (Å²) in [6.07, 6.45) is 1.23. The van der Waals surface area contributed by atoms with Crippen LogP contribution in [0.3, 0.4) is 0 Å². The molecule has 0 aliphatic carbocycles. The molecule has 2 N–H and O–H groups in total. The van der Waals surface area contributed by atoms with Gasteiger partial charge in [0.15, 0.2) is 0 Å². The fraction of sp³-hybridized carbons (Fsp3) is 0.600. The van der Waals surface area contributed by atoms with Gasteiger partial charge < -0.3 is 15.4 Å². The molecular weight excluding hydrogens is 224 g/mol. The van der Waals surface area contributed by atoms with Gasteiger partial charge in [-0.3, -0.25) is 0 Å². The number of anilines is 1. The molecule has 3 heteroatoms. The van der Waals surface area contributed by atoms with E-state index in [2.05, 4.69) is 37.8 Å². The molecule has 1 fully saturated rings. The number of nitrogens with zero attached hydrogens (tertiary/aromatic N) is 1. The number of rotatable bonds is 3. The maximum atomic E-state index is 5.75. The number of ether oxygens (including phenoxy) is 1. The summed E-state index contributed by atoms with van der Waals surface area (Å²) >= 11 is 0. The van der Waals surface area contributed by atoms with Crippen molar-refractivity contribution in [1.82, 2.24) is 0 Å². The molecule has 0 amide bonds. The van der Waals surface area contributed by atoms with Gasteiger partial charge >= 0.3 is 0 Å². The average Bonchev–Trinajstić information content (AvgIpc) is 2.28. The van der Waals surface area contributed by atoms with E-state index < -0.39 is 0 Å². The largest absolute Gasteiger partial charge is 0.374 e. The van der Waals surface area contributed by atoms with Crippen LogP contribution in [0.25, 0.3) is 0 Å².